The summed E-state index contributed by atoms with van der Waals surface area (Å²) in [5, 5.41) is 4.44. The van der Waals surface area contributed by atoms with Gasteiger partial charge in [-0.3, -0.25) is 4.79 Å². The summed E-state index contributed by atoms with van der Waals surface area (Å²) in [7, 11) is -3.34. The minimum absolute atomic E-state index is 0.0332. The summed E-state index contributed by atoms with van der Waals surface area (Å²) >= 11 is 0. The molecule has 0 aliphatic heterocycles. The fourth-order valence-electron chi connectivity index (χ4n) is 2.31. The lowest BCUT2D eigenvalue weighted by molar-refractivity contribution is -0.135. The molecule has 0 aromatic carbocycles. The smallest absolute Gasteiger partial charge is 0.356 e. The SMILES string of the molecule is CCOC(=O)c1cc(CCC(=O)O[Si](C)(C)C(C)(C)C)nn1COCC[Si](C)(C)C. The Morgan fingerprint density at radius 2 is 1.77 bits per heavy atom. The number of rotatable bonds is 11. The van der Waals surface area contributed by atoms with E-state index in [1.807, 2.05) is 0 Å². The second-order valence-electron chi connectivity index (χ2n) is 10.3. The van der Waals surface area contributed by atoms with E-state index in [1.54, 1.807) is 13.0 Å². The summed E-state index contributed by atoms with van der Waals surface area (Å²) in [6.07, 6.45) is 0.629. The van der Waals surface area contributed by atoms with E-state index in [4.69, 9.17) is 13.9 Å². The van der Waals surface area contributed by atoms with Gasteiger partial charge >= 0.3 is 5.97 Å². The molecule has 7 nitrogen and oxygen atoms in total. The Hall–Kier alpha value is -1.46. The molecule has 1 rings (SSSR count). The Morgan fingerprint density at radius 3 is 2.30 bits per heavy atom. The largest absolute Gasteiger partial charge is 0.519 e. The van der Waals surface area contributed by atoms with E-state index in [9.17, 15) is 9.59 Å². The van der Waals surface area contributed by atoms with Crippen molar-refractivity contribution in [1.82, 2.24) is 9.78 Å². The lowest BCUT2D eigenvalue weighted by Gasteiger charge is -2.35. The van der Waals surface area contributed by atoms with Gasteiger partial charge in [-0.05, 0) is 37.2 Å². The number of ether oxygens (including phenoxy) is 2. The highest BCUT2D eigenvalue weighted by Gasteiger charge is 2.40. The van der Waals surface area contributed by atoms with Gasteiger partial charge in [-0.2, -0.15) is 5.10 Å². The fourth-order valence-corrected chi connectivity index (χ4v) is 4.04. The topological polar surface area (TPSA) is 79.7 Å². The summed E-state index contributed by atoms with van der Waals surface area (Å²) in [5.41, 5.74) is 0.997. The molecular formula is C21H40N2O5Si2. The molecule has 1 heterocycles. The molecule has 30 heavy (non-hydrogen) atoms. The Labute approximate surface area is 183 Å². The maximum atomic E-state index is 12.4. The van der Waals surface area contributed by atoms with Crippen molar-refractivity contribution in [3.05, 3.63) is 17.5 Å². The van der Waals surface area contributed by atoms with Crippen LogP contribution in [-0.4, -0.2) is 51.3 Å². The van der Waals surface area contributed by atoms with Crippen LogP contribution in [0, 0.1) is 0 Å². The highest BCUT2D eigenvalue weighted by molar-refractivity contribution is 6.76. The summed E-state index contributed by atoms with van der Waals surface area (Å²) in [6.45, 7) is 20.1. The number of hydrogen-bond donors (Lipinski definition) is 0. The molecule has 0 saturated carbocycles. The Kier molecular flexibility index (Phi) is 9.50. The van der Waals surface area contributed by atoms with Crippen molar-refractivity contribution in [3.8, 4) is 0 Å². The van der Waals surface area contributed by atoms with Crippen LogP contribution < -0.4 is 0 Å². The van der Waals surface area contributed by atoms with E-state index < -0.39 is 22.4 Å². The van der Waals surface area contributed by atoms with Crippen molar-refractivity contribution in [3.63, 3.8) is 0 Å². The molecule has 0 aliphatic carbocycles. The van der Waals surface area contributed by atoms with Gasteiger partial charge in [0.25, 0.3) is 14.3 Å². The van der Waals surface area contributed by atoms with Gasteiger partial charge in [0, 0.05) is 27.5 Å². The number of carbonyl (C=O) groups is 2. The Bertz CT molecular complexity index is 718. The molecule has 0 aliphatic rings. The van der Waals surface area contributed by atoms with Gasteiger partial charge in [-0.1, -0.05) is 40.4 Å². The molecule has 0 saturated heterocycles. The van der Waals surface area contributed by atoms with Crippen LogP contribution in [0.15, 0.2) is 6.07 Å². The predicted octanol–water partition coefficient (Wildman–Crippen LogP) is 4.85. The van der Waals surface area contributed by atoms with Crippen molar-refractivity contribution >= 4 is 28.3 Å². The molecule has 0 fully saturated rings. The van der Waals surface area contributed by atoms with Crippen molar-refractivity contribution < 1.29 is 23.5 Å². The van der Waals surface area contributed by atoms with Crippen LogP contribution in [0.4, 0.5) is 0 Å². The molecule has 0 spiro atoms. The number of esters is 1. The first-order valence-electron chi connectivity index (χ1n) is 10.7. The molecule has 0 atom stereocenters. The first-order valence-corrected chi connectivity index (χ1v) is 17.3. The lowest BCUT2D eigenvalue weighted by Crippen LogP contribution is -2.42. The number of carbonyl (C=O) groups excluding carboxylic acids is 2. The van der Waals surface area contributed by atoms with Gasteiger partial charge in [0.15, 0.2) is 0 Å². The van der Waals surface area contributed by atoms with Crippen molar-refractivity contribution in [2.24, 2.45) is 0 Å². The minimum atomic E-state index is -2.14. The zero-order valence-electron chi connectivity index (χ0n) is 20.3. The van der Waals surface area contributed by atoms with Gasteiger partial charge in [0.2, 0.25) is 0 Å². The van der Waals surface area contributed by atoms with E-state index in [0.717, 1.165) is 6.04 Å². The molecule has 0 unspecified atom stereocenters. The molecule has 9 heteroatoms. The van der Waals surface area contributed by atoms with Gasteiger partial charge in [-0.25, -0.2) is 9.48 Å². The lowest BCUT2D eigenvalue weighted by atomic mass is 10.2. The average molecular weight is 457 g/mol. The van der Waals surface area contributed by atoms with E-state index in [0.29, 0.717) is 24.4 Å². The average Bonchev–Trinajstić information content (AvgIpc) is 2.98. The summed E-state index contributed by atoms with van der Waals surface area (Å²) in [4.78, 5) is 24.7. The predicted molar refractivity (Wildman–Crippen MR) is 124 cm³/mol. The number of hydrogen-bond acceptors (Lipinski definition) is 6. The third kappa shape index (κ3) is 8.73. The third-order valence-corrected chi connectivity index (χ3v) is 11.3. The monoisotopic (exact) mass is 456 g/mol. The Balaban J connectivity index is 2.78. The van der Waals surface area contributed by atoms with Gasteiger partial charge < -0.3 is 13.9 Å². The van der Waals surface area contributed by atoms with Crippen LogP contribution >= 0.6 is 0 Å². The molecule has 0 bridgehead atoms. The van der Waals surface area contributed by atoms with Crippen LogP contribution in [0.2, 0.25) is 43.8 Å². The van der Waals surface area contributed by atoms with Crippen LogP contribution in [-0.2, 0) is 31.8 Å². The standard InChI is InChI=1S/C21H40N2O5Si2/c1-10-27-20(25)18-15-17(22-23(18)16-26-13-14-29(5,6)7)11-12-19(24)28-30(8,9)21(2,3)4/h15H,10-14,16H2,1-9H3. The third-order valence-electron chi connectivity index (χ3n) is 5.29. The summed E-state index contributed by atoms with van der Waals surface area (Å²) in [6, 6.07) is 2.72. The van der Waals surface area contributed by atoms with Crippen LogP contribution in [0.5, 0.6) is 0 Å². The van der Waals surface area contributed by atoms with Gasteiger partial charge in [-0.15, -0.1) is 0 Å². The summed E-state index contributed by atoms with van der Waals surface area (Å²) in [5.74, 6) is -0.658. The number of aryl methyl sites for hydroxylation is 1. The van der Waals surface area contributed by atoms with Crippen LogP contribution in [0.25, 0.3) is 0 Å². The number of nitrogens with zero attached hydrogens (tertiary/aromatic N) is 2. The van der Waals surface area contributed by atoms with Gasteiger partial charge in [0.1, 0.15) is 12.4 Å². The zero-order chi connectivity index (χ0) is 23.2. The highest BCUT2D eigenvalue weighted by atomic mass is 28.4. The second-order valence-corrected chi connectivity index (χ2v) is 20.7. The molecule has 0 radical (unpaired) electrons. The second kappa shape index (κ2) is 10.7. The molecule has 1 aromatic rings. The van der Waals surface area contributed by atoms with Crippen molar-refractivity contribution in [2.75, 3.05) is 13.2 Å². The first-order chi connectivity index (χ1) is 13.7. The number of aromatic nitrogens is 2. The van der Waals surface area contributed by atoms with Crippen LogP contribution in [0.3, 0.4) is 0 Å². The molecule has 1 aromatic heterocycles. The van der Waals surface area contributed by atoms with E-state index in [1.165, 1.54) is 4.68 Å². The quantitative estimate of drug-likeness (QED) is 0.269. The Morgan fingerprint density at radius 1 is 1.13 bits per heavy atom. The maximum Gasteiger partial charge on any atom is 0.356 e. The highest BCUT2D eigenvalue weighted by Crippen LogP contribution is 2.36. The van der Waals surface area contributed by atoms with E-state index >= 15 is 0 Å². The van der Waals surface area contributed by atoms with Gasteiger partial charge in [0.05, 0.1) is 12.3 Å². The van der Waals surface area contributed by atoms with E-state index in [-0.39, 0.29) is 30.8 Å². The normalized spacial score (nSPS) is 12.7. The zero-order valence-corrected chi connectivity index (χ0v) is 22.3. The maximum absolute atomic E-state index is 12.4. The molecule has 0 N–H and O–H groups in total. The van der Waals surface area contributed by atoms with Crippen molar-refractivity contribution in [2.45, 2.75) is 91.1 Å². The fraction of sp³-hybridized carbons (Fsp3) is 0.762. The molecule has 0 amide bonds. The summed E-state index contributed by atoms with van der Waals surface area (Å²) < 4.78 is 18.2. The first kappa shape index (κ1) is 26.6. The van der Waals surface area contributed by atoms with E-state index in [2.05, 4.69) is 58.6 Å². The minimum Gasteiger partial charge on any atom is -0.519 e. The molecular weight excluding hydrogens is 416 g/mol. The van der Waals surface area contributed by atoms with Crippen LogP contribution in [0.1, 0.15) is 50.3 Å². The van der Waals surface area contributed by atoms with Crippen molar-refractivity contribution in [1.29, 1.82) is 0 Å². The molecule has 172 valence electrons.